The second-order valence-corrected chi connectivity index (χ2v) is 8.04. The Labute approximate surface area is 148 Å². The zero-order valence-corrected chi connectivity index (χ0v) is 15.9. The van der Waals surface area contributed by atoms with Crippen LogP contribution in [-0.4, -0.2) is 70.6 Å². The van der Waals surface area contributed by atoms with Crippen molar-refractivity contribution < 1.29 is 17.9 Å². The van der Waals surface area contributed by atoms with Crippen molar-refractivity contribution in [3.05, 3.63) is 23.2 Å². The Morgan fingerprint density at radius 1 is 1.29 bits per heavy atom. The maximum Gasteiger partial charge on any atom is 0.239 e. The van der Waals surface area contributed by atoms with Gasteiger partial charge in [-0.05, 0) is 45.3 Å². The van der Waals surface area contributed by atoms with Crippen LogP contribution in [0.5, 0.6) is 5.75 Å². The van der Waals surface area contributed by atoms with Gasteiger partial charge in [-0.25, -0.2) is 8.42 Å². The van der Waals surface area contributed by atoms with Crippen LogP contribution in [0.25, 0.3) is 0 Å². The molecule has 0 aromatic heterocycles. The molecule has 1 aromatic rings. The number of methoxy groups -OCH3 is 1. The molecule has 0 saturated heterocycles. The van der Waals surface area contributed by atoms with Gasteiger partial charge in [-0.2, -0.15) is 4.31 Å². The average Bonchev–Trinajstić information content (AvgIpc) is 2.45. The first kappa shape index (κ1) is 20.7. The van der Waals surface area contributed by atoms with Gasteiger partial charge in [0.2, 0.25) is 15.9 Å². The summed E-state index contributed by atoms with van der Waals surface area (Å²) in [5, 5.41) is 3.00. The Balaban J connectivity index is 2.69. The van der Waals surface area contributed by atoms with Crippen molar-refractivity contribution in [3.63, 3.8) is 0 Å². The monoisotopic (exact) mass is 377 g/mol. The molecule has 1 rings (SSSR count). The molecule has 24 heavy (non-hydrogen) atoms. The van der Waals surface area contributed by atoms with Gasteiger partial charge in [-0.1, -0.05) is 11.6 Å². The number of rotatable bonds is 9. The normalized spacial score (nSPS) is 11.8. The third kappa shape index (κ3) is 7.04. The van der Waals surface area contributed by atoms with Crippen molar-refractivity contribution in [3.8, 4) is 5.75 Å². The van der Waals surface area contributed by atoms with E-state index >= 15 is 0 Å². The van der Waals surface area contributed by atoms with E-state index in [1.54, 1.807) is 18.2 Å². The van der Waals surface area contributed by atoms with Gasteiger partial charge in [0.05, 0.1) is 24.9 Å². The van der Waals surface area contributed by atoms with Crippen LogP contribution in [0.3, 0.4) is 0 Å². The fourth-order valence-electron chi connectivity index (χ4n) is 2.03. The molecule has 0 fully saturated rings. The summed E-state index contributed by atoms with van der Waals surface area (Å²) in [6, 6.07) is 4.82. The highest BCUT2D eigenvalue weighted by Crippen LogP contribution is 2.27. The van der Waals surface area contributed by atoms with Gasteiger partial charge in [0.1, 0.15) is 5.75 Å². The van der Waals surface area contributed by atoms with E-state index in [4.69, 9.17) is 16.3 Å². The standard InChI is InChI=1S/C15H24ClN3O4S/c1-18(2)8-5-9-19(24(4,21)22)11-15(20)17-12-6-7-14(23-3)13(16)10-12/h6-7,10H,5,8-9,11H2,1-4H3,(H,17,20). The number of carbonyl (C=O) groups excluding carboxylic acids is 1. The van der Waals surface area contributed by atoms with Crippen LogP contribution in [0.1, 0.15) is 6.42 Å². The van der Waals surface area contributed by atoms with E-state index < -0.39 is 15.9 Å². The van der Waals surface area contributed by atoms with Crippen LogP contribution in [0, 0.1) is 0 Å². The summed E-state index contributed by atoms with van der Waals surface area (Å²) in [5.41, 5.74) is 0.479. The molecule has 1 amide bonds. The maximum atomic E-state index is 12.1. The number of carbonyl (C=O) groups is 1. The molecule has 1 aromatic carbocycles. The summed E-state index contributed by atoms with van der Waals surface area (Å²) in [4.78, 5) is 14.1. The van der Waals surface area contributed by atoms with E-state index in [0.717, 1.165) is 17.1 Å². The highest BCUT2D eigenvalue weighted by atomic mass is 35.5. The molecule has 0 unspecified atom stereocenters. The number of sulfonamides is 1. The van der Waals surface area contributed by atoms with E-state index in [0.29, 0.717) is 22.9 Å². The molecule has 136 valence electrons. The smallest absolute Gasteiger partial charge is 0.239 e. The predicted molar refractivity (Wildman–Crippen MR) is 96.2 cm³/mol. The fraction of sp³-hybridized carbons (Fsp3) is 0.533. The van der Waals surface area contributed by atoms with Gasteiger partial charge in [0.25, 0.3) is 0 Å². The summed E-state index contributed by atoms with van der Waals surface area (Å²) in [6.45, 7) is 0.783. The summed E-state index contributed by atoms with van der Waals surface area (Å²) in [7, 11) is 1.85. The Morgan fingerprint density at radius 2 is 1.96 bits per heavy atom. The number of hydrogen-bond acceptors (Lipinski definition) is 5. The highest BCUT2D eigenvalue weighted by molar-refractivity contribution is 7.88. The van der Waals surface area contributed by atoms with E-state index in [2.05, 4.69) is 5.32 Å². The number of benzene rings is 1. The van der Waals surface area contributed by atoms with Crippen LogP contribution in [0.4, 0.5) is 5.69 Å². The Kier molecular flexibility index (Phi) is 7.95. The Hall–Kier alpha value is -1.35. The largest absolute Gasteiger partial charge is 0.495 e. The Morgan fingerprint density at radius 3 is 2.46 bits per heavy atom. The number of hydrogen-bond donors (Lipinski definition) is 1. The number of anilines is 1. The molecule has 1 N–H and O–H groups in total. The molecular weight excluding hydrogens is 354 g/mol. The molecule has 0 aliphatic carbocycles. The summed E-state index contributed by atoms with van der Waals surface area (Å²) in [6.07, 6.45) is 1.74. The summed E-state index contributed by atoms with van der Waals surface area (Å²) >= 11 is 6.00. The molecule has 0 heterocycles. The zero-order chi connectivity index (χ0) is 18.3. The first-order chi connectivity index (χ1) is 11.1. The van der Waals surface area contributed by atoms with E-state index in [1.165, 1.54) is 7.11 Å². The van der Waals surface area contributed by atoms with Gasteiger partial charge in [0.15, 0.2) is 0 Å². The van der Waals surface area contributed by atoms with Gasteiger partial charge >= 0.3 is 0 Å². The minimum absolute atomic E-state index is 0.240. The minimum Gasteiger partial charge on any atom is -0.495 e. The highest BCUT2D eigenvalue weighted by Gasteiger charge is 2.20. The molecule has 0 aliphatic rings. The SMILES string of the molecule is COc1ccc(NC(=O)CN(CCCN(C)C)S(C)(=O)=O)cc1Cl. The lowest BCUT2D eigenvalue weighted by Gasteiger charge is -2.20. The summed E-state index contributed by atoms with van der Waals surface area (Å²) < 4.78 is 29.9. The molecule has 0 aliphatic heterocycles. The first-order valence-electron chi connectivity index (χ1n) is 7.36. The second kappa shape index (κ2) is 9.22. The average molecular weight is 378 g/mol. The van der Waals surface area contributed by atoms with Crippen LogP contribution < -0.4 is 10.1 Å². The lowest BCUT2D eigenvalue weighted by molar-refractivity contribution is -0.116. The summed E-state index contributed by atoms with van der Waals surface area (Å²) in [5.74, 6) is 0.0719. The molecular formula is C15H24ClN3O4S. The number of halogens is 1. The van der Waals surface area contributed by atoms with Crippen molar-refractivity contribution >= 4 is 33.2 Å². The van der Waals surface area contributed by atoms with Crippen molar-refractivity contribution in [2.45, 2.75) is 6.42 Å². The fourth-order valence-corrected chi connectivity index (χ4v) is 3.10. The van der Waals surface area contributed by atoms with Gasteiger partial charge in [-0.3, -0.25) is 4.79 Å². The lowest BCUT2D eigenvalue weighted by atomic mass is 10.3. The number of nitrogens with zero attached hydrogens (tertiary/aromatic N) is 2. The lowest BCUT2D eigenvalue weighted by Crippen LogP contribution is -2.38. The van der Waals surface area contributed by atoms with Crippen LogP contribution in [0.15, 0.2) is 18.2 Å². The van der Waals surface area contributed by atoms with Crippen LogP contribution in [-0.2, 0) is 14.8 Å². The molecule has 0 radical (unpaired) electrons. The van der Waals surface area contributed by atoms with Crippen molar-refractivity contribution in [2.24, 2.45) is 0 Å². The molecule has 9 heteroatoms. The number of ether oxygens (including phenoxy) is 1. The van der Waals surface area contributed by atoms with Gasteiger partial charge in [-0.15, -0.1) is 0 Å². The number of nitrogens with one attached hydrogen (secondary N) is 1. The third-order valence-corrected chi connectivity index (χ3v) is 4.78. The molecule has 0 bridgehead atoms. The van der Waals surface area contributed by atoms with E-state index in [-0.39, 0.29) is 13.1 Å². The van der Waals surface area contributed by atoms with Crippen molar-refractivity contribution in [1.82, 2.24) is 9.21 Å². The second-order valence-electron chi connectivity index (χ2n) is 5.65. The van der Waals surface area contributed by atoms with E-state index in [1.807, 2.05) is 19.0 Å². The first-order valence-corrected chi connectivity index (χ1v) is 9.59. The van der Waals surface area contributed by atoms with Crippen molar-refractivity contribution in [1.29, 1.82) is 0 Å². The van der Waals surface area contributed by atoms with Gasteiger partial charge in [0, 0.05) is 12.2 Å². The zero-order valence-electron chi connectivity index (χ0n) is 14.4. The molecule has 0 saturated carbocycles. The quantitative estimate of drug-likeness (QED) is 0.705. The third-order valence-electron chi connectivity index (χ3n) is 3.24. The van der Waals surface area contributed by atoms with Crippen LogP contribution >= 0.6 is 11.6 Å². The minimum atomic E-state index is -3.46. The topological polar surface area (TPSA) is 79.0 Å². The predicted octanol–water partition coefficient (Wildman–Crippen LogP) is 1.50. The van der Waals surface area contributed by atoms with Gasteiger partial charge < -0.3 is 15.0 Å². The van der Waals surface area contributed by atoms with Crippen LogP contribution in [0.2, 0.25) is 5.02 Å². The van der Waals surface area contributed by atoms with E-state index in [9.17, 15) is 13.2 Å². The number of amides is 1. The molecule has 0 spiro atoms. The van der Waals surface area contributed by atoms with Crippen molar-refractivity contribution in [2.75, 3.05) is 52.4 Å². The molecule has 0 atom stereocenters. The Bertz CT molecular complexity index is 665. The molecule has 7 nitrogen and oxygen atoms in total. The maximum absolute atomic E-state index is 12.1.